The summed E-state index contributed by atoms with van der Waals surface area (Å²) >= 11 is 0. The monoisotopic (exact) mass is 773 g/mol. The minimum absolute atomic E-state index is 0.000777. The average Bonchev–Trinajstić information content (AvgIpc) is 3.08. The van der Waals surface area contributed by atoms with Crippen molar-refractivity contribution in [2.75, 3.05) is 9.80 Å². The lowest BCUT2D eigenvalue weighted by Crippen LogP contribution is -2.62. The molecule has 2 heterocycles. The highest BCUT2D eigenvalue weighted by atomic mass is 15.2. The van der Waals surface area contributed by atoms with Crippen molar-refractivity contribution < 1.29 is 0 Å². The number of anilines is 5. The zero-order valence-corrected chi connectivity index (χ0v) is 39.8. The minimum atomic E-state index is -0.00765. The molecule has 0 spiro atoms. The number of rotatable bonds is 2. The minimum Gasteiger partial charge on any atom is -0.315 e. The summed E-state index contributed by atoms with van der Waals surface area (Å²) in [6.45, 7) is 45.0. The van der Waals surface area contributed by atoms with Crippen molar-refractivity contribution in [2.24, 2.45) is 16.7 Å². The summed E-state index contributed by atoms with van der Waals surface area (Å²) < 4.78 is 0. The van der Waals surface area contributed by atoms with Crippen LogP contribution in [-0.2, 0) is 21.7 Å². The van der Waals surface area contributed by atoms with Gasteiger partial charge in [-0.3, -0.25) is 0 Å². The van der Waals surface area contributed by atoms with Crippen molar-refractivity contribution in [1.82, 2.24) is 0 Å². The normalized spacial score (nSPS) is 17.4. The topological polar surface area (TPSA) is 6.48 Å². The second-order valence-electron chi connectivity index (χ2n) is 24.3. The maximum absolute atomic E-state index is 2.71. The number of aryl methyl sites for hydroxylation is 1. The number of benzene rings is 4. The predicted octanol–water partition coefficient (Wildman–Crippen LogP) is 13.9. The van der Waals surface area contributed by atoms with E-state index in [0.717, 1.165) is 6.42 Å². The largest absolute Gasteiger partial charge is 0.315 e. The highest BCUT2D eigenvalue weighted by Crippen LogP contribution is 2.49. The van der Waals surface area contributed by atoms with E-state index in [9.17, 15) is 0 Å². The Morgan fingerprint density at radius 2 is 0.931 bits per heavy atom. The van der Waals surface area contributed by atoms with E-state index >= 15 is 0 Å². The number of allylic oxidation sites excluding steroid dienone is 4. The van der Waals surface area contributed by atoms with Crippen molar-refractivity contribution in [3.8, 4) is 0 Å². The van der Waals surface area contributed by atoms with Crippen molar-refractivity contribution in [1.29, 1.82) is 0 Å². The van der Waals surface area contributed by atoms with Gasteiger partial charge >= 0.3 is 0 Å². The Morgan fingerprint density at radius 3 is 1.36 bits per heavy atom. The fourth-order valence-electron chi connectivity index (χ4n) is 9.22. The molecule has 4 aromatic carbocycles. The van der Waals surface area contributed by atoms with E-state index < -0.39 is 0 Å². The average molecular weight is 773 g/mol. The standard InChI is InChI=1S/C55H73BN2/c1-34-24-47-49-48(25-34)58(42-30-39(54(14,15)16)27-40(31-42)55(17,18)19)46-33-36(51(5,6)7)21-23-44(46)56(49)43-22-20-35(50(2,3)4)32-45(43)57(47)41-28-37(52(8,9)10)26-38(29-41)53(11,12)13/h20-30,32-33,40H,31H2,1-19H3. The molecule has 306 valence electrons. The summed E-state index contributed by atoms with van der Waals surface area (Å²) in [7, 11) is 0. The Labute approximate surface area is 354 Å². The smallest absolute Gasteiger partial charge is 0.252 e. The molecule has 4 aromatic rings. The first-order valence-corrected chi connectivity index (χ1v) is 22.1. The lowest BCUT2D eigenvalue weighted by Gasteiger charge is -2.47. The first-order valence-electron chi connectivity index (χ1n) is 22.1. The Bertz CT molecular complexity index is 2310. The Morgan fingerprint density at radius 1 is 0.483 bits per heavy atom. The Balaban J connectivity index is 1.62. The van der Waals surface area contributed by atoms with Crippen molar-refractivity contribution in [3.63, 3.8) is 0 Å². The van der Waals surface area contributed by atoms with Crippen LogP contribution in [0.3, 0.4) is 0 Å². The van der Waals surface area contributed by atoms with E-state index in [1.807, 2.05) is 0 Å². The number of nitrogens with zero attached hydrogens (tertiary/aromatic N) is 2. The zero-order chi connectivity index (χ0) is 42.9. The van der Waals surface area contributed by atoms with E-state index in [0.29, 0.717) is 5.92 Å². The van der Waals surface area contributed by atoms with Gasteiger partial charge in [0.25, 0.3) is 6.71 Å². The van der Waals surface area contributed by atoms with E-state index in [4.69, 9.17) is 0 Å². The Kier molecular flexibility index (Phi) is 9.83. The number of hydrogen-bond acceptors (Lipinski definition) is 2. The summed E-state index contributed by atoms with van der Waals surface area (Å²) in [4.78, 5) is 5.36. The molecule has 7 rings (SSSR count). The van der Waals surface area contributed by atoms with Gasteiger partial charge in [-0.15, -0.1) is 0 Å². The maximum Gasteiger partial charge on any atom is 0.252 e. The first-order chi connectivity index (χ1) is 26.4. The van der Waals surface area contributed by atoms with Gasteiger partial charge in [0.1, 0.15) is 0 Å². The molecule has 0 saturated heterocycles. The first kappa shape index (κ1) is 42.2. The summed E-state index contributed by atoms with van der Waals surface area (Å²) in [5, 5.41) is 0. The third-order valence-corrected chi connectivity index (χ3v) is 13.3. The van der Waals surface area contributed by atoms with Gasteiger partial charge in [-0.2, -0.15) is 0 Å². The van der Waals surface area contributed by atoms with Crippen LogP contribution < -0.4 is 26.2 Å². The van der Waals surface area contributed by atoms with Crippen molar-refractivity contribution in [3.05, 3.63) is 118 Å². The van der Waals surface area contributed by atoms with Gasteiger partial charge in [0.15, 0.2) is 0 Å². The van der Waals surface area contributed by atoms with Crippen LogP contribution in [0.2, 0.25) is 0 Å². The molecule has 1 atom stereocenters. The molecule has 0 aromatic heterocycles. The van der Waals surface area contributed by atoms with Crippen LogP contribution in [0.1, 0.15) is 159 Å². The molecule has 1 unspecified atom stereocenters. The van der Waals surface area contributed by atoms with Crippen LogP contribution in [0.4, 0.5) is 28.4 Å². The van der Waals surface area contributed by atoms with Crippen LogP contribution in [0.5, 0.6) is 0 Å². The lowest BCUT2D eigenvalue weighted by molar-refractivity contribution is 0.283. The fourth-order valence-corrected chi connectivity index (χ4v) is 9.22. The molecular weight excluding hydrogens is 699 g/mol. The molecule has 0 N–H and O–H groups in total. The van der Waals surface area contributed by atoms with Gasteiger partial charge in [0.2, 0.25) is 0 Å². The van der Waals surface area contributed by atoms with E-state index in [-0.39, 0.29) is 39.2 Å². The third kappa shape index (κ3) is 7.54. The molecule has 0 amide bonds. The molecule has 2 nitrogen and oxygen atoms in total. The fraction of sp³-hybridized carbons (Fsp3) is 0.491. The molecular formula is C55H73BN2. The maximum atomic E-state index is 2.71. The van der Waals surface area contributed by atoms with Crippen LogP contribution in [0.15, 0.2) is 90.2 Å². The molecule has 58 heavy (non-hydrogen) atoms. The summed E-state index contributed by atoms with van der Waals surface area (Å²) in [6, 6.07) is 27.3. The van der Waals surface area contributed by atoms with Gasteiger partial charge in [-0.25, -0.2) is 0 Å². The van der Waals surface area contributed by atoms with Crippen LogP contribution in [0.25, 0.3) is 0 Å². The second kappa shape index (κ2) is 13.5. The molecule has 3 heteroatoms. The van der Waals surface area contributed by atoms with Gasteiger partial charge in [0.05, 0.1) is 0 Å². The van der Waals surface area contributed by atoms with Crippen LogP contribution >= 0.6 is 0 Å². The van der Waals surface area contributed by atoms with Gasteiger partial charge in [-0.05, 0) is 144 Å². The van der Waals surface area contributed by atoms with Crippen LogP contribution in [-0.4, -0.2) is 6.71 Å². The lowest BCUT2D eigenvalue weighted by atomic mass is 9.33. The summed E-state index contributed by atoms with van der Waals surface area (Å²) in [5.74, 6) is 0.415. The quantitative estimate of drug-likeness (QED) is 0.165. The van der Waals surface area contributed by atoms with Crippen LogP contribution in [0, 0.1) is 23.7 Å². The Hall–Kier alpha value is -3.98. The zero-order valence-electron chi connectivity index (χ0n) is 39.8. The molecule has 0 saturated carbocycles. The second-order valence-corrected chi connectivity index (χ2v) is 24.3. The van der Waals surface area contributed by atoms with Crippen molar-refractivity contribution in [2.45, 2.75) is 160 Å². The molecule has 2 aliphatic heterocycles. The molecule has 0 fully saturated rings. The third-order valence-electron chi connectivity index (χ3n) is 13.3. The predicted molar refractivity (Wildman–Crippen MR) is 257 cm³/mol. The molecule has 0 radical (unpaired) electrons. The number of hydrogen-bond donors (Lipinski definition) is 0. The SMILES string of the molecule is Cc1cc2c3c(c1)N(c1cc(C(C)(C)C)cc(C(C)(C)C)c1)c1cc(C(C)(C)C)ccc1B3c1ccc(C(C)(C)C)cc1N2C1=CC(C(C)(C)C)=CC(C(C)(C)C)C1. The van der Waals surface area contributed by atoms with E-state index in [2.05, 4.69) is 220 Å². The number of fused-ring (bicyclic) bond motifs is 4. The highest BCUT2D eigenvalue weighted by Gasteiger charge is 2.45. The van der Waals surface area contributed by atoms with Gasteiger partial charge in [-0.1, -0.05) is 161 Å². The summed E-state index contributed by atoms with van der Waals surface area (Å²) in [5.41, 5.74) is 20.4. The van der Waals surface area contributed by atoms with Gasteiger partial charge < -0.3 is 9.80 Å². The van der Waals surface area contributed by atoms with E-state index in [1.165, 1.54) is 83.9 Å². The molecule has 3 aliphatic rings. The summed E-state index contributed by atoms with van der Waals surface area (Å²) in [6.07, 6.45) is 6.14. The molecule has 1 aliphatic carbocycles. The van der Waals surface area contributed by atoms with E-state index in [1.54, 1.807) is 0 Å². The molecule has 0 bridgehead atoms. The van der Waals surface area contributed by atoms with Crippen molar-refractivity contribution >= 4 is 51.5 Å². The van der Waals surface area contributed by atoms with Gasteiger partial charge in [0, 0.05) is 34.1 Å². The highest BCUT2D eigenvalue weighted by molar-refractivity contribution is 7.00.